The summed E-state index contributed by atoms with van der Waals surface area (Å²) >= 11 is 0. The SMILES string of the molecule is C=COc1cc(CCCCC)cc(O/C=C/C(=O)OCC)c1[C@@H]1C=C(C)CCC1. The molecule has 1 aliphatic carbocycles. The first-order chi connectivity index (χ1) is 14.1. The fraction of sp³-hybridized carbons (Fsp3) is 0.480. The molecule has 0 amide bonds. The largest absolute Gasteiger partial charge is 0.465 e. The van der Waals surface area contributed by atoms with Crippen LogP contribution >= 0.6 is 0 Å². The zero-order valence-corrected chi connectivity index (χ0v) is 18.0. The zero-order chi connectivity index (χ0) is 21.1. The topological polar surface area (TPSA) is 44.8 Å². The highest BCUT2D eigenvalue weighted by molar-refractivity contribution is 5.81. The van der Waals surface area contributed by atoms with E-state index in [1.807, 2.05) is 0 Å². The average Bonchev–Trinajstić information content (AvgIpc) is 2.68. The van der Waals surface area contributed by atoms with E-state index in [2.05, 4.69) is 38.6 Å². The summed E-state index contributed by atoms with van der Waals surface area (Å²) in [6, 6.07) is 4.18. The molecule has 1 aromatic carbocycles. The molecule has 1 aliphatic rings. The van der Waals surface area contributed by atoms with Crippen LogP contribution in [0.3, 0.4) is 0 Å². The summed E-state index contributed by atoms with van der Waals surface area (Å²) < 4.78 is 16.7. The number of carbonyl (C=O) groups is 1. The zero-order valence-electron chi connectivity index (χ0n) is 18.0. The summed E-state index contributed by atoms with van der Waals surface area (Å²) in [4.78, 5) is 11.6. The molecule has 4 nitrogen and oxygen atoms in total. The third-order valence-electron chi connectivity index (χ3n) is 5.07. The Morgan fingerprint density at radius 2 is 1.97 bits per heavy atom. The van der Waals surface area contributed by atoms with Gasteiger partial charge in [0.05, 0.1) is 25.2 Å². The molecule has 0 saturated heterocycles. The number of unbranched alkanes of at least 4 members (excludes halogenated alkanes) is 2. The quantitative estimate of drug-likeness (QED) is 0.138. The Hall–Kier alpha value is -2.49. The Balaban J connectivity index is 2.41. The van der Waals surface area contributed by atoms with E-state index in [4.69, 9.17) is 14.2 Å². The lowest BCUT2D eigenvalue weighted by molar-refractivity contribution is -0.137. The van der Waals surface area contributed by atoms with Gasteiger partial charge in [-0.05, 0) is 63.6 Å². The number of hydrogen-bond acceptors (Lipinski definition) is 4. The molecular formula is C25H34O4. The van der Waals surface area contributed by atoms with Crippen molar-refractivity contribution in [3.63, 3.8) is 0 Å². The van der Waals surface area contributed by atoms with Crippen LogP contribution in [0, 0.1) is 0 Å². The van der Waals surface area contributed by atoms with Crippen LogP contribution in [0.1, 0.15) is 76.3 Å². The van der Waals surface area contributed by atoms with E-state index in [9.17, 15) is 4.79 Å². The van der Waals surface area contributed by atoms with Gasteiger partial charge in [-0.25, -0.2) is 4.79 Å². The van der Waals surface area contributed by atoms with Crippen molar-refractivity contribution in [3.8, 4) is 11.5 Å². The number of hydrogen-bond donors (Lipinski definition) is 0. The maximum atomic E-state index is 11.6. The first-order valence-electron chi connectivity index (χ1n) is 10.7. The second-order valence-corrected chi connectivity index (χ2v) is 7.43. The minimum atomic E-state index is -0.413. The lowest BCUT2D eigenvalue weighted by atomic mass is 9.84. The number of carbonyl (C=O) groups excluding carboxylic acids is 1. The molecule has 0 spiro atoms. The molecule has 1 atom stereocenters. The first kappa shape index (κ1) is 22.8. The molecule has 0 radical (unpaired) electrons. The number of ether oxygens (including phenoxy) is 3. The van der Waals surface area contributed by atoms with Crippen LogP contribution in [0.5, 0.6) is 11.5 Å². The number of benzene rings is 1. The fourth-order valence-corrected chi connectivity index (χ4v) is 3.72. The van der Waals surface area contributed by atoms with Gasteiger partial charge >= 0.3 is 5.97 Å². The maximum Gasteiger partial charge on any atom is 0.333 e. The highest BCUT2D eigenvalue weighted by Crippen LogP contribution is 2.43. The minimum Gasteiger partial charge on any atom is -0.465 e. The molecule has 2 rings (SSSR count). The summed E-state index contributed by atoms with van der Waals surface area (Å²) in [5, 5.41) is 0. The standard InChI is InChI=1S/C25H34O4/c1-5-8-9-12-20-17-22(27-6-2)25(21-13-10-11-19(4)16-21)23(18-20)29-15-14-24(26)28-7-3/h6,14-18,21H,2,5,7-13H2,1,3-4H3/b15-14+/t21-/m0/s1. The molecule has 4 heteroatoms. The molecule has 0 aromatic heterocycles. The fourth-order valence-electron chi connectivity index (χ4n) is 3.72. The second kappa shape index (κ2) is 12.2. The molecule has 0 heterocycles. The van der Waals surface area contributed by atoms with Crippen LogP contribution in [0.2, 0.25) is 0 Å². The van der Waals surface area contributed by atoms with Crippen molar-refractivity contribution in [2.45, 2.75) is 71.6 Å². The molecule has 29 heavy (non-hydrogen) atoms. The summed E-state index contributed by atoms with van der Waals surface area (Å²) in [5.41, 5.74) is 3.55. The number of rotatable bonds is 11. The summed E-state index contributed by atoms with van der Waals surface area (Å²) in [6.45, 7) is 10.2. The monoisotopic (exact) mass is 398 g/mol. The van der Waals surface area contributed by atoms with E-state index < -0.39 is 5.97 Å². The van der Waals surface area contributed by atoms with Gasteiger partial charge in [0.25, 0.3) is 0 Å². The Bertz CT molecular complexity index is 745. The second-order valence-electron chi connectivity index (χ2n) is 7.43. The molecule has 0 bridgehead atoms. The lowest BCUT2D eigenvalue weighted by Crippen LogP contribution is -2.07. The first-order valence-corrected chi connectivity index (χ1v) is 10.7. The molecule has 0 aliphatic heterocycles. The van der Waals surface area contributed by atoms with Gasteiger partial charge in [-0.1, -0.05) is 38.0 Å². The van der Waals surface area contributed by atoms with Crippen molar-refractivity contribution < 1.29 is 19.0 Å². The van der Waals surface area contributed by atoms with Crippen molar-refractivity contribution in [2.75, 3.05) is 6.61 Å². The van der Waals surface area contributed by atoms with E-state index in [1.54, 1.807) is 6.92 Å². The predicted molar refractivity (Wildman–Crippen MR) is 117 cm³/mol. The normalized spacial score (nSPS) is 16.4. The van der Waals surface area contributed by atoms with Crippen LogP contribution in [-0.2, 0) is 16.0 Å². The van der Waals surface area contributed by atoms with Crippen molar-refractivity contribution in [1.29, 1.82) is 0 Å². The third kappa shape index (κ3) is 7.12. The van der Waals surface area contributed by atoms with Gasteiger partial charge in [-0.15, -0.1) is 0 Å². The number of allylic oxidation sites excluding steroid dienone is 2. The summed E-state index contributed by atoms with van der Waals surface area (Å²) in [6.07, 6.45) is 14.2. The van der Waals surface area contributed by atoms with Gasteiger partial charge in [0, 0.05) is 11.5 Å². The Kier molecular flexibility index (Phi) is 9.55. The van der Waals surface area contributed by atoms with Gasteiger partial charge < -0.3 is 14.2 Å². The third-order valence-corrected chi connectivity index (χ3v) is 5.07. The van der Waals surface area contributed by atoms with Crippen molar-refractivity contribution in [1.82, 2.24) is 0 Å². The average molecular weight is 399 g/mol. The van der Waals surface area contributed by atoms with Crippen molar-refractivity contribution >= 4 is 5.97 Å². The maximum absolute atomic E-state index is 11.6. The van der Waals surface area contributed by atoms with Gasteiger partial charge in [0.15, 0.2) is 0 Å². The molecule has 0 saturated carbocycles. The predicted octanol–water partition coefficient (Wildman–Crippen LogP) is 6.61. The summed E-state index contributed by atoms with van der Waals surface area (Å²) in [5.74, 6) is 1.32. The number of aryl methyl sites for hydroxylation is 1. The highest BCUT2D eigenvalue weighted by atomic mass is 16.5. The Labute approximate surface area is 175 Å². The van der Waals surface area contributed by atoms with Gasteiger partial charge in [-0.2, -0.15) is 0 Å². The highest BCUT2D eigenvalue weighted by Gasteiger charge is 2.23. The smallest absolute Gasteiger partial charge is 0.333 e. The summed E-state index contributed by atoms with van der Waals surface area (Å²) in [7, 11) is 0. The molecular weight excluding hydrogens is 364 g/mol. The van der Waals surface area contributed by atoms with Gasteiger partial charge in [0.2, 0.25) is 0 Å². The van der Waals surface area contributed by atoms with E-state index >= 15 is 0 Å². The van der Waals surface area contributed by atoms with E-state index in [0.29, 0.717) is 6.61 Å². The van der Waals surface area contributed by atoms with Crippen LogP contribution in [-0.4, -0.2) is 12.6 Å². The van der Waals surface area contributed by atoms with Crippen molar-refractivity contribution in [3.05, 3.63) is 60.1 Å². The van der Waals surface area contributed by atoms with Gasteiger partial charge in [-0.3, -0.25) is 0 Å². The van der Waals surface area contributed by atoms with Crippen LogP contribution < -0.4 is 9.47 Å². The van der Waals surface area contributed by atoms with E-state index in [-0.39, 0.29) is 5.92 Å². The van der Waals surface area contributed by atoms with Crippen LogP contribution in [0.15, 0.2) is 49.0 Å². The molecule has 0 unspecified atom stereocenters. The van der Waals surface area contributed by atoms with E-state index in [0.717, 1.165) is 54.7 Å². The Morgan fingerprint density at radius 3 is 2.62 bits per heavy atom. The van der Waals surface area contributed by atoms with E-state index in [1.165, 1.54) is 37.0 Å². The van der Waals surface area contributed by atoms with Crippen LogP contribution in [0.25, 0.3) is 0 Å². The Morgan fingerprint density at radius 1 is 1.21 bits per heavy atom. The van der Waals surface area contributed by atoms with Gasteiger partial charge in [0.1, 0.15) is 11.5 Å². The number of esters is 1. The molecule has 158 valence electrons. The molecule has 0 fully saturated rings. The minimum absolute atomic E-state index is 0.217. The lowest BCUT2D eigenvalue weighted by Gasteiger charge is -2.24. The van der Waals surface area contributed by atoms with Crippen LogP contribution in [0.4, 0.5) is 0 Å². The van der Waals surface area contributed by atoms with Crippen molar-refractivity contribution in [2.24, 2.45) is 0 Å². The molecule has 0 N–H and O–H groups in total. The molecule has 1 aromatic rings.